The van der Waals surface area contributed by atoms with E-state index < -0.39 is 5.97 Å². The quantitative estimate of drug-likeness (QED) is 0.463. The van der Waals surface area contributed by atoms with Crippen LogP contribution in [-0.2, 0) is 0 Å². The number of hydrogen-bond donors (Lipinski definition) is 0. The summed E-state index contributed by atoms with van der Waals surface area (Å²) in [5.41, 5.74) is 1.53. The standard InChI is InChI=1S/C10H8N2O2.Li/c1-6-2-3-8-7(4-6)9(10(13)14)12-5-11-8;/h2-5H,1H3,(H,13,14);/q;+1/p-1. The molecule has 0 unspecified atom stereocenters. The van der Waals surface area contributed by atoms with Crippen LogP contribution in [0.5, 0.6) is 0 Å². The van der Waals surface area contributed by atoms with Crippen LogP contribution in [0.15, 0.2) is 24.5 Å². The minimum atomic E-state index is -1.28. The van der Waals surface area contributed by atoms with E-state index in [-0.39, 0.29) is 24.6 Å². The number of aryl methyl sites for hydroxylation is 1. The zero-order valence-electron chi connectivity index (χ0n) is 8.52. The van der Waals surface area contributed by atoms with Gasteiger partial charge in [0.05, 0.1) is 17.2 Å². The van der Waals surface area contributed by atoms with E-state index >= 15 is 0 Å². The first-order valence-electron chi connectivity index (χ1n) is 4.11. The van der Waals surface area contributed by atoms with Crippen LogP contribution in [-0.4, -0.2) is 15.9 Å². The molecule has 15 heavy (non-hydrogen) atoms. The van der Waals surface area contributed by atoms with Crippen molar-refractivity contribution < 1.29 is 28.8 Å². The summed E-state index contributed by atoms with van der Waals surface area (Å²) in [6, 6.07) is 5.37. The Balaban J connectivity index is 0.00000112. The van der Waals surface area contributed by atoms with Crippen LogP contribution in [0.4, 0.5) is 0 Å². The molecular formula is C10H7LiN2O2. The summed E-state index contributed by atoms with van der Waals surface area (Å²) >= 11 is 0. The first-order chi connectivity index (χ1) is 6.68. The van der Waals surface area contributed by atoms with Gasteiger partial charge in [0.1, 0.15) is 6.33 Å². The molecule has 1 aromatic carbocycles. The van der Waals surface area contributed by atoms with E-state index in [1.807, 2.05) is 13.0 Å². The fourth-order valence-corrected chi connectivity index (χ4v) is 1.33. The van der Waals surface area contributed by atoms with Crippen molar-refractivity contribution in [2.24, 2.45) is 0 Å². The van der Waals surface area contributed by atoms with Crippen molar-refractivity contribution in [3.05, 3.63) is 35.8 Å². The predicted octanol–water partition coefficient (Wildman–Crippen LogP) is -2.69. The van der Waals surface area contributed by atoms with E-state index in [0.29, 0.717) is 10.9 Å². The van der Waals surface area contributed by atoms with Crippen LogP contribution in [0.2, 0.25) is 0 Å². The van der Waals surface area contributed by atoms with Crippen LogP contribution in [0, 0.1) is 6.92 Å². The van der Waals surface area contributed by atoms with Gasteiger partial charge in [-0.1, -0.05) is 11.6 Å². The summed E-state index contributed by atoms with van der Waals surface area (Å²) in [6.45, 7) is 1.88. The number of nitrogens with zero attached hydrogens (tertiary/aromatic N) is 2. The molecule has 0 amide bonds. The Morgan fingerprint density at radius 3 is 2.73 bits per heavy atom. The molecule has 1 aromatic heterocycles. The van der Waals surface area contributed by atoms with E-state index in [4.69, 9.17) is 0 Å². The first-order valence-corrected chi connectivity index (χ1v) is 4.11. The monoisotopic (exact) mass is 194 g/mol. The Morgan fingerprint density at radius 2 is 2.07 bits per heavy atom. The van der Waals surface area contributed by atoms with Crippen molar-refractivity contribution in [1.29, 1.82) is 0 Å². The number of benzene rings is 1. The largest absolute Gasteiger partial charge is 1.00 e. The molecular weight excluding hydrogens is 187 g/mol. The summed E-state index contributed by atoms with van der Waals surface area (Å²) in [4.78, 5) is 18.4. The number of aromatic nitrogens is 2. The Bertz CT molecular complexity index is 514. The molecule has 0 aliphatic heterocycles. The van der Waals surface area contributed by atoms with Crippen molar-refractivity contribution in [2.75, 3.05) is 0 Å². The van der Waals surface area contributed by atoms with E-state index in [0.717, 1.165) is 5.56 Å². The maximum Gasteiger partial charge on any atom is 1.00 e. The third-order valence-corrected chi connectivity index (χ3v) is 1.98. The van der Waals surface area contributed by atoms with Crippen LogP contribution < -0.4 is 24.0 Å². The van der Waals surface area contributed by atoms with Gasteiger partial charge in [-0.05, 0) is 19.1 Å². The van der Waals surface area contributed by atoms with Gasteiger partial charge in [0.15, 0.2) is 0 Å². The van der Waals surface area contributed by atoms with E-state index in [1.165, 1.54) is 6.33 Å². The van der Waals surface area contributed by atoms with Crippen LogP contribution in [0.3, 0.4) is 0 Å². The third kappa shape index (κ3) is 2.17. The molecule has 2 rings (SSSR count). The predicted molar refractivity (Wildman–Crippen MR) is 48.6 cm³/mol. The van der Waals surface area contributed by atoms with Gasteiger partial charge in [-0.3, -0.25) is 0 Å². The number of aromatic carboxylic acids is 1. The van der Waals surface area contributed by atoms with Crippen molar-refractivity contribution in [3.63, 3.8) is 0 Å². The third-order valence-electron chi connectivity index (χ3n) is 1.98. The Morgan fingerprint density at radius 1 is 1.33 bits per heavy atom. The molecule has 0 aliphatic rings. The summed E-state index contributed by atoms with van der Waals surface area (Å²) < 4.78 is 0. The van der Waals surface area contributed by atoms with Crippen LogP contribution in [0.1, 0.15) is 16.1 Å². The molecule has 70 valence electrons. The van der Waals surface area contributed by atoms with Gasteiger partial charge in [-0.25, -0.2) is 9.97 Å². The normalized spacial score (nSPS) is 9.67. The van der Waals surface area contributed by atoms with Crippen molar-refractivity contribution in [2.45, 2.75) is 6.92 Å². The van der Waals surface area contributed by atoms with Crippen molar-refractivity contribution in [3.8, 4) is 0 Å². The number of rotatable bonds is 1. The van der Waals surface area contributed by atoms with E-state index in [9.17, 15) is 9.90 Å². The number of carboxylic acids is 1. The topological polar surface area (TPSA) is 65.9 Å². The van der Waals surface area contributed by atoms with Gasteiger partial charge in [0, 0.05) is 5.39 Å². The number of fused-ring (bicyclic) bond motifs is 1. The zero-order chi connectivity index (χ0) is 10.1. The van der Waals surface area contributed by atoms with Gasteiger partial charge in [0.25, 0.3) is 0 Å². The Labute approximate surface area is 98.5 Å². The molecule has 0 N–H and O–H groups in total. The minimum Gasteiger partial charge on any atom is -0.543 e. The maximum atomic E-state index is 10.7. The average molecular weight is 194 g/mol. The second kappa shape index (κ2) is 4.43. The molecule has 5 heteroatoms. The molecule has 0 bridgehead atoms. The Hall–Kier alpha value is -1.37. The number of carboxylic acid groups (broad SMARTS) is 1. The summed E-state index contributed by atoms with van der Waals surface area (Å²) in [7, 11) is 0. The number of carbonyl (C=O) groups is 1. The number of hydrogen-bond acceptors (Lipinski definition) is 4. The van der Waals surface area contributed by atoms with Gasteiger partial charge in [0.2, 0.25) is 0 Å². The molecule has 0 radical (unpaired) electrons. The second-order valence-corrected chi connectivity index (χ2v) is 3.03. The van der Waals surface area contributed by atoms with Crippen LogP contribution in [0.25, 0.3) is 10.9 Å². The molecule has 0 atom stereocenters. The maximum absolute atomic E-state index is 10.7. The van der Waals surface area contributed by atoms with Gasteiger partial charge < -0.3 is 9.90 Å². The molecule has 4 nitrogen and oxygen atoms in total. The van der Waals surface area contributed by atoms with Crippen LogP contribution >= 0.6 is 0 Å². The Kier molecular flexibility index (Phi) is 3.46. The number of carbonyl (C=O) groups excluding carboxylic acids is 1. The summed E-state index contributed by atoms with van der Waals surface area (Å²) in [6.07, 6.45) is 1.23. The molecule has 1 heterocycles. The average Bonchev–Trinajstić information content (AvgIpc) is 2.16. The molecule has 2 aromatic rings. The SMILES string of the molecule is Cc1ccc2ncnc(C(=O)[O-])c2c1.[Li+]. The van der Waals surface area contributed by atoms with Gasteiger partial charge >= 0.3 is 18.9 Å². The first kappa shape index (κ1) is 11.7. The molecule has 0 spiro atoms. The molecule has 0 fully saturated rings. The second-order valence-electron chi connectivity index (χ2n) is 3.03. The van der Waals surface area contributed by atoms with Crippen molar-refractivity contribution >= 4 is 16.9 Å². The van der Waals surface area contributed by atoms with Crippen molar-refractivity contribution in [1.82, 2.24) is 9.97 Å². The molecule has 0 aliphatic carbocycles. The molecule has 0 saturated carbocycles. The van der Waals surface area contributed by atoms with Gasteiger partial charge in [-0.15, -0.1) is 0 Å². The smallest absolute Gasteiger partial charge is 0.543 e. The fraction of sp³-hybridized carbons (Fsp3) is 0.100. The van der Waals surface area contributed by atoms with Gasteiger partial charge in [-0.2, -0.15) is 0 Å². The fourth-order valence-electron chi connectivity index (χ4n) is 1.33. The zero-order valence-corrected chi connectivity index (χ0v) is 8.52. The summed E-state index contributed by atoms with van der Waals surface area (Å²) in [5, 5.41) is 11.2. The molecule has 0 saturated heterocycles. The van der Waals surface area contributed by atoms with E-state index in [2.05, 4.69) is 9.97 Å². The van der Waals surface area contributed by atoms with E-state index in [1.54, 1.807) is 12.1 Å². The summed E-state index contributed by atoms with van der Waals surface area (Å²) in [5.74, 6) is -1.28. The minimum absolute atomic E-state index is 0.